The SMILES string of the molecule is CCCOc1ccc(C(O)C2CCC(CCC)CC2)cc1. The lowest BCUT2D eigenvalue weighted by Gasteiger charge is -2.31. The van der Waals surface area contributed by atoms with Gasteiger partial charge in [0.25, 0.3) is 0 Å². The minimum Gasteiger partial charge on any atom is -0.494 e. The van der Waals surface area contributed by atoms with Crippen molar-refractivity contribution in [1.29, 1.82) is 0 Å². The molecule has 1 aromatic carbocycles. The van der Waals surface area contributed by atoms with E-state index in [1.807, 2.05) is 24.3 Å². The molecule has 2 nitrogen and oxygen atoms in total. The smallest absolute Gasteiger partial charge is 0.119 e. The largest absolute Gasteiger partial charge is 0.494 e. The molecule has 0 radical (unpaired) electrons. The fourth-order valence-corrected chi connectivity index (χ4v) is 3.45. The maximum atomic E-state index is 10.6. The van der Waals surface area contributed by atoms with Crippen LogP contribution in [0.5, 0.6) is 5.75 Å². The van der Waals surface area contributed by atoms with Crippen LogP contribution in [-0.4, -0.2) is 11.7 Å². The van der Waals surface area contributed by atoms with Gasteiger partial charge in [-0.05, 0) is 48.8 Å². The Labute approximate surface area is 129 Å². The van der Waals surface area contributed by atoms with E-state index in [0.29, 0.717) is 5.92 Å². The third-order valence-corrected chi connectivity index (χ3v) is 4.73. The van der Waals surface area contributed by atoms with Crippen molar-refractivity contribution in [3.63, 3.8) is 0 Å². The number of benzene rings is 1. The van der Waals surface area contributed by atoms with Gasteiger partial charge in [-0.25, -0.2) is 0 Å². The number of hydrogen-bond acceptors (Lipinski definition) is 2. The second-order valence-corrected chi connectivity index (χ2v) is 6.43. The van der Waals surface area contributed by atoms with Gasteiger partial charge in [0, 0.05) is 0 Å². The Bertz CT molecular complexity index is 391. The summed E-state index contributed by atoms with van der Waals surface area (Å²) in [6, 6.07) is 8.01. The molecule has 1 aliphatic carbocycles. The third-order valence-electron chi connectivity index (χ3n) is 4.73. The summed E-state index contributed by atoms with van der Waals surface area (Å²) < 4.78 is 5.59. The molecule has 1 saturated carbocycles. The first-order valence-corrected chi connectivity index (χ1v) is 8.65. The van der Waals surface area contributed by atoms with E-state index < -0.39 is 0 Å². The zero-order chi connectivity index (χ0) is 15.1. The number of hydrogen-bond donors (Lipinski definition) is 1. The maximum Gasteiger partial charge on any atom is 0.119 e. The zero-order valence-electron chi connectivity index (χ0n) is 13.6. The molecule has 1 N–H and O–H groups in total. The molecule has 0 bridgehead atoms. The highest BCUT2D eigenvalue weighted by atomic mass is 16.5. The Morgan fingerprint density at radius 1 is 1.05 bits per heavy atom. The van der Waals surface area contributed by atoms with Crippen molar-refractivity contribution in [3.8, 4) is 5.75 Å². The van der Waals surface area contributed by atoms with E-state index in [2.05, 4.69) is 13.8 Å². The van der Waals surface area contributed by atoms with Gasteiger partial charge in [-0.2, -0.15) is 0 Å². The van der Waals surface area contributed by atoms with Crippen LogP contribution in [0.15, 0.2) is 24.3 Å². The van der Waals surface area contributed by atoms with E-state index >= 15 is 0 Å². The van der Waals surface area contributed by atoms with E-state index in [0.717, 1.165) is 30.3 Å². The van der Waals surface area contributed by atoms with Gasteiger partial charge in [0.15, 0.2) is 0 Å². The van der Waals surface area contributed by atoms with E-state index in [9.17, 15) is 5.11 Å². The highest BCUT2D eigenvalue weighted by Gasteiger charge is 2.26. The maximum absolute atomic E-state index is 10.6. The number of ether oxygens (including phenoxy) is 1. The van der Waals surface area contributed by atoms with Gasteiger partial charge in [0.1, 0.15) is 5.75 Å². The number of rotatable bonds is 7. The molecule has 0 heterocycles. The van der Waals surface area contributed by atoms with Crippen LogP contribution < -0.4 is 4.74 Å². The van der Waals surface area contributed by atoms with Crippen molar-refractivity contribution in [1.82, 2.24) is 0 Å². The highest BCUT2D eigenvalue weighted by molar-refractivity contribution is 5.28. The summed E-state index contributed by atoms with van der Waals surface area (Å²) in [4.78, 5) is 0. The van der Waals surface area contributed by atoms with Crippen LogP contribution in [0.3, 0.4) is 0 Å². The molecule has 1 unspecified atom stereocenters. The van der Waals surface area contributed by atoms with Gasteiger partial charge in [-0.1, -0.05) is 51.7 Å². The summed E-state index contributed by atoms with van der Waals surface area (Å²) in [5.41, 5.74) is 1.04. The lowest BCUT2D eigenvalue weighted by molar-refractivity contribution is 0.0722. The summed E-state index contributed by atoms with van der Waals surface area (Å²) >= 11 is 0. The molecule has 118 valence electrons. The van der Waals surface area contributed by atoms with Gasteiger partial charge >= 0.3 is 0 Å². The van der Waals surface area contributed by atoms with Crippen LogP contribution in [0.1, 0.15) is 70.5 Å². The predicted octanol–water partition coefficient (Wildman–Crippen LogP) is 5.12. The molecular formula is C19H30O2. The van der Waals surface area contributed by atoms with Crippen LogP contribution >= 0.6 is 0 Å². The van der Waals surface area contributed by atoms with Crippen LogP contribution in [0.4, 0.5) is 0 Å². The van der Waals surface area contributed by atoms with Crippen molar-refractivity contribution in [3.05, 3.63) is 29.8 Å². The summed E-state index contributed by atoms with van der Waals surface area (Å²) in [5.74, 6) is 2.23. The average molecular weight is 290 g/mol. The van der Waals surface area contributed by atoms with Gasteiger partial charge in [-0.15, -0.1) is 0 Å². The van der Waals surface area contributed by atoms with E-state index in [1.54, 1.807) is 0 Å². The molecule has 2 heteroatoms. The molecule has 1 aliphatic rings. The molecule has 0 saturated heterocycles. The molecule has 1 atom stereocenters. The molecule has 1 fully saturated rings. The Balaban J connectivity index is 1.87. The molecule has 2 rings (SSSR count). The first-order chi connectivity index (χ1) is 10.2. The first-order valence-electron chi connectivity index (χ1n) is 8.65. The quantitative estimate of drug-likeness (QED) is 0.755. The Hall–Kier alpha value is -1.02. The summed E-state index contributed by atoms with van der Waals surface area (Å²) in [5, 5.41) is 10.6. The minimum absolute atomic E-state index is 0.312. The Morgan fingerprint density at radius 3 is 2.29 bits per heavy atom. The normalized spacial score (nSPS) is 23.8. The molecule has 0 aliphatic heterocycles. The molecule has 0 aromatic heterocycles. The van der Waals surface area contributed by atoms with Crippen molar-refractivity contribution < 1.29 is 9.84 Å². The highest BCUT2D eigenvalue weighted by Crippen LogP contribution is 2.38. The molecule has 21 heavy (non-hydrogen) atoms. The second kappa shape index (κ2) is 8.43. The topological polar surface area (TPSA) is 29.5 Å². The van der Waals surface area contributed by atoms with Gasteiger partial charge < -0.3 is 9.84 Å². The Morgan fingerprint density at radius 2 is 1.71 bits per heavy atom. The van der Waals surface area contributed by atoms with Crippen molar-refractivity contribution in [2.45, 2.75) is 64.9 Å². The minimum atomic E-state index is -0.312. The molecular weight excluding hydrogens is 260 g/mol. The van der Waals surface area contributed by atoms with Crippen molar-refractivity contribution >= 4 is 0 Å². The average Bonchev–Trinajstić information content (AvgIpc) is 2.54. The summed E-state index contributed by atoms with van der Waals surface area (Å²) in [6.07, 6.45) is 8.25. The van der Waals surface area contributed by atoms with E-state index in [1.165, 1.54) is 38.5 Å². The standard InChI is InChI=1S/C19H30O2/c1-3-5-15-6-8-16(9-7-15)19(20)17-10-12-18(13-11-17)21-14-4-2/h10-13,15-16,19-20H,3-9,14H2,1-2H3. The number of aliphatic hydroxyl groups is 1. The zero-order valence-corrected chi connectivity index (χ0v) is 13.6. The fourth-order valence-electron chi connectivity index (χ4n) is 3.45. The lowest BCUT2D eigenvalue weighted by Crippen LogP contribution is -2.20. The van der Waals surface area contributed by atoms with Crippen LogP contribution in [0, 0.1) is 11.8 Å². The van der Waals surface area contributed by atoms with Gasteiger partial charge in [0.2, 0.25) is 0 Å². The number of aliphatic hydroxyl groups excluding tert-OH is 1. The lowest BCUT2D eigenvalue weighted by atomic mass is 9.76. The summed E-state index contributed by atoms with van der Waals surface area (Å²) in [7, 11) is 0. The third kappa shape index (κ3) is 4.74. The van der Waals surface area contributed by atoms with Gasteiger partial charge in [0.05, 0.1) is 12.7 Å². The van der Waals surface area contributed by atoms with Crippen molar-refractivity contribution in [2.75, 3.05) is 6.61 Å². The van der Waals surface area contributed by atoms with E-state index in [-0.39, 0.29) is 6.10 Å². The van der Waals surface area contributed by atoms with Crippen LogP contribution in [-0.2, 0) is 0 Å². The fraction of sp³-hybridized carbons (Fsp3) is 0.684. The first kappa shape index (κ1) is 16.4. The molecule has 1 aromatic rings. The van der Waals surface area contributed by atoms with Crippen molar-refractivity contribution in [2.24, 2.45) is 11.8 Å². The predicted molar refractivity (Wildman–Crippen MR) is 87.5 cm³/mol. The van der Waals surface area contributed by atoms with Crippen LogP contribution in [0.2, 0.25) is 0 Å². The Kier molecular flexibility index (Phi) is 6.56. The monoisotopic (exact) mass is 290 g/mol. The van der Waals surface area contributed by atoms with Crippen LogP contribution in [0.25, 0.3) is 0 Å². The second-order valence-electron chi connectivity index (χ2n) is 6.43. The molecule has 0 spiro atoms. The van der Waals surface area contributed by atoms with Gasteiger partial charge in [-0.3, -0.25) is 0 Å². The summed E-state index contributed by atoms with van der Waals surface area (Å²) in [6.45, 7) is 5.12. The van der Waals surface area contributed by atoms with E-state index in [4.69, 9.17) is 4.74 Å². The molecule has 0 amide bonds.